The summed E-state index contributed by atoms with van der Waals surface area (Å²) in [6.45, 7) is 9.66. The van der Waals surface area contributed by atoms with Crippen molar-refractivity contribution < 1.29 is 0 Å². The molecular formula is C19H36N6. The van der Waals surface area contributed by atoms with Crippen molar-refractivity contribution in [3.63, 3.8) is 0 Å². The van der Waals surface area contributed by atoms with E-state index in [1.54, 1.807) is 0 Å². The maximum atomic E-state index is 4.69. The quantitative estimate of drug-likeness (QED) is 0.408. The molecule has 2 N–H and O–H groups in total. The Kier molecular flexibility index (Phi) is 8.80. The first kappa shape index (κ1) is 19.8. The van der Waals surface area contributed by atoms with Gasteiger partial charge in [-0.2, -0.15) is 5.10 Å². The van der Waals surface area contributed by atoms with Crippen LogP contribution in [0.1, 0.15) is 51.5 Å². The van der Waals surface area contributed by atoms with Gasteiger partial charge in [0.25, 0.3) is 0 Å². The summed E-state index contributed by atoms with van der Waals surface area (Å²) in [5, 5.41) is 11.0. The van der Waals surface area contributed by atoms with E-state index >= 15 is 0 Å². The van der Waals surface area contributed by atoms with Crippen molar-refractivity contribution in [2.45, 2.75) is 58.4 Å². The monoisotopic (exact) mass is 348 g/mol. The number of guanidine groups is 1. The Bertz CT molecular complexity index is 510. The number of nitrogens with one attached hydrogen (secondary N) is 2. The Balaban J connectivity index is 1.63. The molecule has 142 valence electrons. The van der Waals surface area contributed by atoms with E-state index in [4.69, 9.17) is 0 Å². The second-order valence-electron chi connectivity index (χ2n) is 7.05. The summed E-state index contributed by atoms with van der Waals surface area (Å²) >= 11 is 0. The third kappa shape index (κ3) is 7.46. The third-order valence-electron chi connectivity index (χ3n) is 4.85. The van der Waals surface area contributed by atoms with Crippen molar-refractivity contribution in [2.75, 3.05) is 32.7 Å². The summed E-state index contributed by atoms with van der Waals surface area (Å²) in [5.41, 5.74) is 1.28. The zero-order valence-corrected chi connectivity index (χ0v) is 16.3. The summed E-state index contributed by atoms with van der Waals surface area (Å²) in [4.78, 5) is 7.32. The van der Waals surface area contributed by atoms with Crippen LogP contribution in [-0.2, 0) is 13.5 Å². The molecule has 1 aromatic rings. The van der Waals surface area contributed by atoms with E-state index in [0.29, 0.717) is 0 Å². The number of piperidine rings is 1. The predicted octanol–water partition coefficient (Wildman–Crippen LogP) is 2.17. The molecule has 1 aromatic heterocycles. The molecule has 2 rings (SSSR count). The van der Waals surface area contributed by atoms with Gasteiger partial charge in [-0.15, -0.1) is 0 Å². The van der Waals surface area contributed by atoms with Gasteiger partial charge in [-0.1, -0.05) is 6.42 Å². The van der Waals surface area contributed by atoms with Gasteiger partial charge in [0, 0.05) is 45.5 Å². The Hall–Kier alpha value is -1.56. The van der Waals surface area contributed by atoms with E-state index in [1.807, 2.05) is 17.9 Å². The van der Waals surface area contributed by atoms with Gasteiger partial charge in [0.2, 0.25) is 0 Å². The molecule has 0 saturated carbocycles. The van der Waals surface area contributed by atoms with Crippen LogP contribution in [0.4, 0.5) is 0 Å². The number of hydrogen-bond acceptors (Lipinski definition) is 3. The molecule has 1 aliphatic heterocycles. The molecule has 6 nitrogen and oxygen atoms in total. The van der Waals surface area contributed by atoms with Crippen LogP contribution in [-0.4, -0.2) is 59.4 Å². The van der Waals surface area contributed by atoms with Crippen LogP contribution in [0.2, 0.25) is 0 Å². The van der Waals surface area contributed by atoms with Crippen LogP contribution in [0.15, 0.2) is 17.4 Å². The fourth-order valence-electron chi connectivity index (χ4n) is 3.40. The second-order valence-corrected chi connectivity index (χ2v) is 7.05. The Labute approximate surface area is 153 Å². The van der Waals surface area contributed by atoms with E-state index in [-0.39, 0.29) is 0 Å². The topological polar surface area (TPSA) is 57.5 Å². The number of aliphatic imine (C=N–C) groups is 1. The smallest absolute Gasteiger partial charge is 0.191 e. The van der Waals surface area contributed by atoms with E-state index in [9.17, 15) is 0 Å². The highest BCUT2D eigenvalue weighted by Crippen LogP contribution is 2.15. The summed E-state index contributed by atoms with van der Waals surface area (Å²) < 4.78 is 1.85. The summed E-state index contributed by atoms with van der Waals surface area (Å²) in [6.07, 6.45) is 11.4. The molecule has 0 aromatic carbocycles. The molecule has 0 aliphatic carbocycles. The van der Waals surface area contributed by atoms with Crippen LogP contribution < -0.4 is 10.6 Å². The molecule has 1 fully saturated rings. The highest BCUT2D eigenvalue weighted by Gasteiger charge is 2.17. The molecule has 1 atom stereocenters. The lowest BCUT2D eigenvalue weighted by molar-refractivity contribution is 0.159. The molecule has 6 heteroatoms. The summed E-state index contributed by atoms with van der Waals surface area (Å²) in [5.74, 6) is 0.945. The maximum Gasteiger partial charge on any atom is 0.191 e. The Morgan fingerprint density at radius 3 is 2.92 bits per heavy atom. The fraction of sp³-hybridized carbons (Fsp3) is 0.789. The van der Waals surface area contributed by atoms with Crippen LogP contribution in [0.25, 0.3) is 0 Å². The SMILES string of the molecule is CCNC(=NCCCc1cnn(C)c1)NCCCN1CCCCC1C. The molecule has 25 heavy (non-hydrogen) atoms. The minimum absolute atomic E-state index is 0.753. The Morgan fingerprint density at radius 1 is 1.32 bits per heavy atom. The molecule has 1 unspecified atom stereocenters. The van der Waals surface area contributed by atoms with Gasteiger partial charge in [-0.25, -0.2) is 0 Å². The van der Waals surface area contributed by atoms with E-state index in [0.717, 1.165) is 44.5 Å². The first-order valence-corrected chi connectivity index (χ1v) is 9.92. The second kappa shape index (κ2) is 11.1. The maximum absolute atomic E-state index is 4.69. The van der Waals surface area contributed by atoms with Crippen molar-refractivity contribution in [3.8, 4) is 0 Å². The number of likely N-dealkylation sites (tertiary alicyclic amines) is 1. The van der Waals surface area contributed by atoms with Gasteiger partial charge in [0.05, 0.1) is 6.20 Å². The van der Waals surface area contributed by atoms with Crippen molar-refractivity contribution in [1.82, 2.24) is 25.3 Å². The van der Waals surface area contributed by atoms with Gasteiger partial charge in [0.1, 0.15) is 0 Å². The van der Waals surface area contributed by atoms with Gasteiger partial charge in [-0.3, -0.25) is 9.67 Å². The van der Waals surface area contributed by atoms with Gasteiger partial charge in [0.15, 0.2) is 5.96 Å². The van der Waals surface area contributed by atoms with Crippen LogP contribution in [0, 0.1) is 0 Å². The van der Waals surface area contributed by atoms with Crippen molar-refractivity contribution >= 4 is 5.96 Å². The lowest BCUT2D eigenvalue weighted by Gasteiger charge is -2.33. The molecule has 0 radical (unpaired) electrons. The highest BCUT2D eigenvalue weighted by atomic mass is 15.2. The first-order chi connectivity index (χ1) is 12.2. The average Bonchev–Trinajstić information content (AvgIpc) is 3.02. The number of nitrogens with zero attached hydrogens (tertiary/aromatic N) is 4. The van der Waals surface area contributed by atoms with Crippen LogP contribution in [0.5, 0.6) is 0 Å². The van der Waals surface area contributed by atoms with Crippen molar-refractivity contribution in [1.29, 1.82) is 0 Å². The number of rotatable bonds is 9. The zero-order valence-electron chi connectivity index (χ0n) is 16.3. The van der Waals surface area contributed by atoms with E-state index in [2.05, 4.69) is 45.7 Å². The number of aromatic nitrogens is 2. The first-order valence-electron chi connectivity index (χ1n) is 9.92. The summed E-state index contributed by atoms with van der Waals surface area (Å²) in [7, 11) is 1.96. The predicted molar refractivity (Wildman–Crippen MR) is 105 cm³/mol. The van der Waals surface area contributed by atoms with Gasteiger partial charge < -0.3 is 15.5 Å². The summed E-state index contributed by atoms with van der Waals surface area (Å²) in [6, 6.07) is 0.753. The molecular weight excluding hydrogens is 312 g/mol. The van der Waals surface area contributed by atoms with Gasteiger partial charge in [-0.05, 0) is 58.1 Å². The van der Waals surface area contributed by atoms with Crippen molar-refractivity contribution in [2.24, 2.45) is 12.0 Å². The zero-order chi connectivity index (χ0) is 17.9. The number of hydrogen-bond donors (Lipinski definition) is 2. The molecule has 0 spiro atoms. The fourth-order valence-corrected chi connectivity index (χ4v) is 3.40. The average molecular weight is 349 g/mol. The molecule has 0 amide bonds. The molecule has 1 aliphatic rings. The molecule has 1 saturated heterocycles. The minimum atomic E-state index is 0.753. The van der Waals surface area contributed by atoms with Crippen molar-refractivity contribution in [3.05, 3.63) is 18.0 Å². The van der Waals surface area contributed by atoms with E-state index < -0.39 is 0 Å². The minimum Gasteiger partial charge on any atom is -0.357 e. The Morgan fingerprint density at radius 2 is 2.20 bits per heavy atom. The third-order valence-corrected chi connectivity index (χ3v) is 4.85. The number of aryl methyl sites for hydroxylation is 2. The standard InChI is InChI=1S/C19H36N6/c1-4-20-19(21-11-7-10-18-15-23-24(3)16-18)22-12-8-14-25-13-6-5-9-17(25)2/h15-17H,4-14H2,1-3H3,(H2,20,21,22). The molecule has 0 bridgehead atoms. The largest absolute Gasteiger partial charge is 0.357 e. The lowest BCUT2D eigenvalue weighted by Crippen LogP contribution is -2.41. The van der Waals surface area contributed by atoms with Crippen LogP contribution in [0.3, 0.4) is 0 Å². The normalized spacial score (nSPS) is 19.2. The van der Waals surface area contributed by atoms with E-state index in [1.165, 1.54) is 44.3 Å². The van der Waals surface area contributed by atoms with Crippen LogP contribution >= 0.6 is 0 Å². The lowest BCUT2D eigenvalue weighted by atomic mass is 10.0. The molecule has 2 heterocycles. The highest BCUT2D eigenvalue weighted by molar-refractivity contribution is 5.79. The van der Waals surface area contributed by atoms with Gasteiger partial charge >= 0.3 is 0 Å².